The number of aryl methyl sites for hydroxylation is 1. The summed E-state index contributed by atoms with van der Waals surface area (Å²) >= 11 is 7.52. The maximum Gasteiger partial charge on any atom is 0.104 e. The lowest BCUT2D eigenvalue weighted by Crippen LogP contribution is -2.09. The lowest BCUT2D eigenvalue weighted by Gasteiger charge is -2.12. The van der Waals surface area contributed by atoms with E-state index in [2.05, 4.69) is 10.4 Å². The van der Waals surface area contributed by atoms with E-state index in [9.17, 15) is 0 Å². The molecule has 1 aliphatic heterocycles. The summed E-state index contributed by atoms with van der Waals surface area (Å²) in [4.78, 5) is 4.43. The third kappa shape index (κ3) is 1.87. The zero-order valence-corrected chi connectivity index (χ0v) is 9.07. The van der Waals surface area contributed by atoms with Gasteiger partial charge >= 0.3 is 0 Å². The maximum absolute atomic E-state index is 5.85. The van der Waals surface area contributed by atoms with E-state index in [0.29, 0.717) is 11.8 Å². The van der Waals surface area contributed by atoms with Crippen LogP contribution in [0.15, 0.2) is 5.38 Å². The minimum atomic E-state index is 0.141. The molecule has 4 heteroatoms. The molecule has 72 valence electrons. The first kappa shape index (κ1) is 9.44. The first-order valence-electron chi connectivity index (χ1n) is 4.41. The Kier molecular flexibility index (Phi) is 2.86. The highest BCUT2D eigenvalue weighted by Gasteiger charge is 2.30. The Labute approximate surface area is 86.9 Å². The van der Waals surface area contributed by atoms with Gasteiger partial charge < -0.3 is 4.74 Å². The van der Waals surface area contributed by atoms with Crippen LogP contribution in [0.1, 0.15) is 23.2 Å². The minimum absolute atomic E-state index is 0.141. The summed E-state index contributed by atoms with van der Waals surface area (Å²) in [5, 5.41) is 3.17. The monoisotopic (exact) mass is 217 g/mol. The molecule has 2 heterocycles. The van der Waals surface area contributed by atoms with Gasteiger partial charge in [0.1, 0.15) is 6.10 Å². The smallest absolute Gasteiger partial charge is 0.104 e. The fourth-order valence-corrected chi connectivity index (χ4v) is 2.58. The molecule has 0 aliphatic carbocycles. The molecule has 0 bridgehead atoms. The van der Waals surface area contributed by atoms with Gasteiger partial charge in [0.2, 0.25) is 0 Å². The Bertz CT molecular complexity index is 289. The number of rotatable bonds is 2. The normalized spacial score (nSPS) is 28.2. The quantitative estimate of drug-likeness (QED) is 0.711. The largest absolute Gasteiger partial charge is 0.372 e. The molecule has 13 heavy (non-hydrogen) atoms. The van der Waals surface area contributed by atoms with E-state index in [1.165, 1.54) is 0 Å². The van der Waals surface area contributed by atoms with Gasteiger partial charge in [-0.1, -0.05) is 0 Å². The molecule has 0 radical (unpaired) electrons. The molecule has 0 amide bonds. The van der Waals surface area contributed by atoms with E-state index in [0.717, 1.165) is 23.7 Å². The molecule has 1 fully saturated rings. The fraction of sp³-hybridized carbons (Fsp3) is 0.667. The van der Waals surface area contributed by atoms with Crippen LogP contribution in [-0.2, 0) is 4.74 Å². The van der Waals surface area contributed by atoms with Gasteiger partial charge in [-0.2, -0.15) is 0 Å². The van der Waals surface area contributed by atoms with Crippen LogP contribution in [0.25, 0.3) is 0 Å². The SMILES string of the molecule is Cc1nc(C2OCCC2CCl)cs1. The van der Waals surface area contributed by atoms with Crippen molar-refractivity contribution in [1.82, 2.24) is 4.98 Å². The third-order valence-electron chi connectivity index (χ3n) is 2.34. The Balaban J connectivity index is 2.15. The number of ether oxygens (including phenoxy) is 1. The summed E-state index contributed by atoms with van der Waals surface area (Å²) in [6.07, 6.45) is 1.20. The van der Waals surface area contributed by atoms with E-state index in [1.807, 2.05) is 6.92 Å². The molecule has 0 aromatic carbocycles. The van der Waals surface area contributed by atoms with Crippen molar-refractivity contribution in [1.29, 1.82) is 0 Å². The van der Waals surface area contributed by atoms with Crippen LogP contribution in [0.4, 0.5) is 0 Å². The molecule has 2 unspecified atom stereocenters. The Morgan fingerprint density at radius 1 is 1.77 bits per heavy atom. The predicted octanol–water partition coefficient (Wildman–Crippen LogP) is 2.77. The number of nitrogens with zero attached hydrogens (tertiary/aromatic N) is 1. The second-order valence-electron chi connectivity index (χ2n) is 3.29. The summed E-state index contributed by atoms with van der Waals surface area (Å²) in [7, 11) is 0. The molecule has 1 aliphatic rings. The number of hydrogen-bond acceptors (Lipinski definition) is 3. The van der Waals surface area contributed by atoms with E-state index in [1.54, 1.807) is 11.3 Å². The van der Waals surface area contributed by atoms with E-state index >= 15 is 0 Å². The van der Waals surface area contributed by atoms with Gasteiger partial charge in [-0.25, -0.2) is 4.98 Å². The van der Waals surface area contributed by atoms with Gasteiger partial charge in [-0.15, -0.1) is 22.9 Å². The molecule has 2 atom stereocenters. The highest BCUT2D eigenvalue weighted by Crippen LogP contribution is 2.35. The molecule has 1 saturated heterocycles. The summed E-state index contributed by atoms with van der Waals surface area (Å²) in [6, 6.07) is 0. The van der Waals surface area contributed by atoms with Crippen LogP contribution >= 0.6 is 22.9 Å². The second-order valence-corrected chi connectivity index (χ2v) is 4.66. The van der Waals surface area contributed by atoms with Gasteiger partial charge in [-0.3, -0.25) is 0 Å². The van der Waals surface area contributed by atoms with Gasteiger partial charge in [0.25, 0.3) is 0 Å². The van der Waals surface area contributed by atoms with Crippen molar-refractivity contribution < 1.29 is 4.74 Å². The van der Waals surface area contributed by atoms with Crippen molar-refractivity contribution >= 4 is 22.9 Å². The average molecular weight is 218 g/mol. The summed E-state index contributed by atoms with van der Waals surface area (Å²) < 4.78 is 5.62. The van der Waals surface area contributed by atoms with Crippen molar-refractivity contribution in [2.45, 2.75) is 19.4 Å². The number of thiazole rings is 1. The summed E-state index contributed by atoms with van der Waals surface area (Å²) in [6.45, 7) is 2.83. The third-order valence-corrected chi connectivity index (χ3v) is 3.53. The first-order chi connectivity index (χ1) is 6.31. The van der Waals surface area contributed by atoms with Crippen molar-refractivity contribution in [3.63, 3.8) is 0 Å². The standard InChI is InChI=1S/C9H12ClNOS/c1-6-11-8(5-13-6)9-7(4-10)2-3-12-9/h5,7,9H,2-4H2,1H3. The summed E-state index contributed by atoms with van der Waals surface area (Å²) in [5.41, 5.74) is 1.06. The fourth-order valence-electron chi connectivity index (χ4n) is 1.63. The predicted molar refractivity (Wildman–Crippen MR) is 54.4 cm³/mol. The molecule has 0 saturated carbocycles. The highest BCUT2D eigenvalue weighted by atomic mass is 35.5. The topological polar surface area (TPSA) is 22.1 Å². The maximum atomic E-state index is 5.85. The highest BCUT2D eigenvalue weighted by molar-refractivity contribution is 7.09. The number of aromatic nitrogens is 1. The van der Waals surface area contributed by atoms with Gasteiger partial charge in [-0.05, 0) is 13.3 Å². The molecule has 1 aromatic rings. The number of hydrogen-bond donors (Lipinski definition) is 0. The van der Waals surface area contributed by atoms with Crippen LogP contribution in [0, 0.1) is 12.8 Å². The zero-order valence-electron chi connectivity index (χ0n) is 7.50. The minimum Gasteiger partial charge on any atom is -0.372 e. The number of halogens is 1. The van der Waals surface area contributed by atoms with Crippen LogP contribution < -0.4 is 0 Å². The molecule has 0 N–H and O–H groups in total. The Hall–Kier alpha value is -0.120. The van der Waals surface area contributed by atoms with E-state index < -0.39 is 0 Å². The van der Waals surface area contributed by atoms with Crippen molar-refractivity contribution in [2.75, 3.05) is 12.5 Å². The molecule has 1 aromatic heterocycles. The second kappa shape index (κ2) is 3.95. The van der Waals surface area contributed by atoms with E-state index in [4.69, 9.17) is 16.3 Å². The van der Waals surface area contributed by atoms with Crippen LogP contribution in [-0.4, -0.2) is 17.5 Å². The number of alkyl halides is 1. The molecule has 0 spiro atoms. The Morgan fingerprint density at radius 3 is 3.23 bits per heavy atom. The van der Waals surface area contributed by atoms with Crippen molar-refractivity contribution in [3.8, 4) is 0 Å². The van der Waals surface area contributed by atoms with Crippen molar-refractivity contribution in [2.24, 2.45) is 5.92 Å². The van der Waals surface area contributed by atoms with Crippen LogP contribution in [0.2, 0.25) is 0 Å². The molecular formula is C9H12ClNOS. The van der Waals surface area contributed by atoms with Gasteiger partial charge in [0.05, 0.1) is 10.7 Å². The summed E-state index contributed by atoms with van der Waals surface area (Å²) in [5.74, 6) is 1.12. The Morgan fingerprint density at radius 2 is 2.62 bits per heavy atom. The molecule has 2 rings (SSSR count). The van der Waals surface area contributed by atoms with Gasteiger partial charge in [0, 0.05) is 23.8 Å². The van der Waals surface area contributed by atoms with E-state index in [-0.39, 0.29) is 6.10 Å². The first-order valence-corrected chi connectivity index (χ1v) is 5.82. The molecular weight excluding hydrogens is 206 g/mol. The average Bonchev–Trinajstić information content (AvgIpc) is 2.71. The van der Waals surface area contributed by atoms with Gasteiger partial charge in [0.15, 0.2) is 0 Å². The lowest BCUT2D eigenvalue weighted by molar-refractivity contribution is 0.0921. The zero-order chi connectivity index (χ0) is 9.26. The van der Waals surface area contributed by atoms with Crippen LogP contribution in [0.3, 0.4) is 0 Å². The lowest BCUT2D eigenvalue weighted by atomic mass is 10.0. The molecule has 2 nitrogen and oxygen atoms in total. The van der Waals surface area contributed by atoms with Crippen LogP contribution in [0.5, 0.6) is 0 Å². The van der Waals surface area contributed by atoms with Crippen molar-refractivity contribution in [3.05, 3.63) is 16.1 Å².